The molecule has 2 aliphatic heterocycles. The zero-order valence-corrected chi connectivity index (χ0v) is 21.2. The summed E-state index contributed by atoms with van der Waals surface area (Å²) in [5.74, 6) is 1.69. The molecule has 168 valence electrons. The number of nitrogens with zero attached hydrogens (tertiary/aromatic N) is 2. The van der Waals surface area contributed by atoms with Crippen molar-refractivity contribution in [3.05, 3.63) is 0 Å². The fourth-order valence-corrected chi connectivity index (χ4v) is 4.43. The standard InChI is InChI=1S/C25H46N2O2/c1-21(2,3)15-25(16-22(4,5)6,19-26-17(13-28-19)23(7,8)9)20-27-18(14-29-20)24(10,11)12/h17-18H,13-16H2,1-12H3/t17-,18-/m1/s1. The maximum absolute atomic E-state index is 6.37. The van der Waals surface area contributed by atoms with Crippen LogP contribution in [-0.4, -0.2) is 37.1 Å². The number of rotatable bonds is 4. The molecule has 0 saturated carbocycles. The molecule has 0 fully saturated rings. The van der Waals surface area contributed by atoms with Crippen molar-refractivity contribution >= 4 is 11.8 Å². The molecule has 2 atom stereocenters. The molecule has 0 spiro atoms. The Balaban J connectivity index is 2.62. The monoisotopic (exact) mass is 406 g/mol. The number of hydrogen-bond donors (Lipinski definition) is 0. The van der Waals surface area contributed by atoms with Crippen LogP contribution in [0.15, 0.2) is 9.98 Å². The molecular weight excluding hydrogens is 360 g/mol. The smallest absolute Gasteiger partial charge is 0.199 e. The lowest BCUT2D eigenvalue weighted by Crippen LogP contribution is -2.45. The number of aliphatic imine (C=N–C) groups is 2. The Morgan fingerprint density at radius 3 is 1.14 bits per heavy atom. The third kappa shape index (κ3) is 5.98. The van der Waals surface area contributed by atoms with E-state index in [1.54, 1.807) is 0 Å². The zero-order valence-electron chi connectivity index (χ0n) is 21.2. The first kappa shape index (κ1) is 24.2. The van der Waals surface area contributed by atoms with Gasteiger partial charge in [0.05, 0.1) is 12.1 Å². The van der Waals surface area contributed by atoms with E-state index in [1.165, 1.54) is 0 Å². The van der Waals surface area contributed by atoms with Crippen molar-refractivity contribution < 1.29 is 9.47 Å². The molecule has 29 heavy (non-hydrogen) atoms. The van der Waals surface area contributed by atoms with E-state index in [1.807, 2.05) is 0 Å². The molecule has 0 amide bonds. The summed E-state index contributed by atoms with van der Waals surface area (Å²) >= 11 is 0. The van der Waals surface area contributed by atoms with Gasteiger partial charge in [0.15, 0.2) is 11.8 Å². The van der Waals surface area contributed by atoms with E-state index in [9.17, 15) is 0 Å². The van der Waals surface area contributed by atoms with Crippen molar-refractivity contribution in [1.29, 1.82) is 0 Å². The van der Waals surface area contributed by atoms with Crippen LogP contribution in [0.2, 0.25) is 0 Å². The van der Waals surface area contributed by atoms with Crippen LogP contribution in [0.5, 0.6) is 0 Å². The molecule has 0 unspecified atom stereocenters. The van der Waals surface area contributed by atoms with E-state index in [-0.39, 0.29) is 33.7 Å². The van der Waals surface area contributed by atoms with Gasteiger partial charge in [-0.1, -0.05) is 83.1 Å². The van der Waals surface area contributed by atoms with E-state index >= 15 is 0 Å². The fourth-order valence-electron chi connectivity index (χ4n) is 4.43. The second kappa shape index (κ2) is 7.57. The second-order valence-electron chi connectivity index (χ2n) is 13.8. The zero-order chi connectivity index (χ0) is 22.5. The fraction of sp³-hybridized carbons (Fsp3) is 0.920. The summed E-state index contributed by atoms with van der Waals surface area (Å²) < 4.78 is 12.7. The lowest BCUT2D eigenvalue weighted by atomic mass is 9.65. The van der Waals surface area contributed by atoms with Gasteiger partial charge in [0.25, 0.3) is 0 Å². The van der Waals surface area contributed by atoms with Gasteiger partial charge >= 0.3 is 0 Å². The minimum absolute atomic E-state index is 0.0727. The van der Waals surface area contributed by atoms with Gasteiger partial charge < -0.3 is 9.47 Å². The minimum Gasteiger partial charge on any atom is -0.478 e. The van der Waals surface area contributed by atoms with Crippen LogP contribution in [0.3, 0.4) is 0 Å². The molecule has 4 nitrogen and oxygen atoms in total. The number of ether oxygens (including phenoxy) is 2. The topological polar surface area (TPSA) is 43.2 Å². The molecule has 0 N–H and O–H groups in total. The molecule has 0 aliphatic carbocycles. The van der Waals surface area contributed by atoms with E-state index in [2.05, 4.69) is 83.1 Å². The lowest BCUT2D eigenvalue weighted by Gasteiger charge is -2.41. The Morgan fingerprint density at radius 2 is 0.931 bits per heavy atom. The van der Waals surface area contributed by atoms with Crippen molar-refractivity contribution in [2.45, 2.75) is 108 Å². The van der Waals surface area contributed by atoms with Crippen LogP contribution in [0.4, 0.5) is 0 Å². The quantitative estimate of drug-likeness (QED) is 0.532. The van der Waals surface area contributed by atoms with Crippen LogP contribution < -0.4 is 0 Å². The molecule has 2 heterocycles. The largest absolute Gasteiger partial charge is 0.478 e. The normalized spacial score (nSPS) is 24.1. The second-order valence-corrected chi connectivity index (χ2v) is 13.8. The molecule has 0 aromatic heterocycles. The third-order valence-electron chi connectivity index (χ3n) is 5.78. The molecule has 0 radical (unpaired) electrons. The SMILES string of the molecule is CC(C)(C)CC(CC(C)(C)C)(C1=N[C@@H](C(C)(C)C)CO1)C1=N[C@@H](C(C)(C)C)CO1. The van der Waals surface area contributed by atoms with E-state index in [4.69, 9.17) is 19.5 Å². The predicted octanol–water partition coefficient (Wildman–Crippen LogP) is 6.53. The Kier molecular flexibility index (Phi) is 6.32. The summed E-state index contributed by atoms with van der Waals surface area (Å²) in [4.78, 5) is 10.3. The first-order valence-electron chi connectivity index (χ1n) is 11.3. The molecule has 4 heteroatoms. The highest BCUT2D eigenvalue weighted by molar-refractivity contribution is 6.06. The Bertz CT molecular complexity index is 590. The van der Waals surface area contributed by atoms with Crippen molar-refractivity contribution in [2.75, 3.05) is 13.2 Å². The van der Waals surface area contributed by atoms with Crippen LogP contribution in [0, 0.1) is 27.1 Å². The Hall–Kier alpha value is -1.06. The average Bonchev–Trinajstić information content (AvgIpc) is 3.12. The summed E-state index contributed by atoms with van der Waals surface area (Å²) in [5, 5.41) is 0. The van der Waals surface area contributed by atoms with Crippen molar-refractivity contribution in [3.8, 4) is 0 Å². The summed E-state index contributed by atoms with van der Waals surface area (Å²) in [6, 6.07) is 0.328. The van der Waals surface area contributed by atoms with Crippen LogP contribution in [0.1, 0.15) is 95.9 Å². The summed E-state index contributed by atoms with van der Waals surface area (Å²) in [7, 11) is 0. The first-order valence-corrected chi connectivity index (χ1v) is 11.3. The van der Waals surface area contributed by atoms with Gasteiger partial charge in [-0.15, -0.1) is 0 Å². The van der Waals surface area contributed by atoms with Crippen LogP contribution in [0.25, 0.3) is 0 Å². The molecule has 0 bridgehead atoms. The highest BCUT2D eigenvalue weighted by Gasteiger charge is 2.53. The summed E-state index contributed by atoms with van der Waals surface area (Å²) in [5.41, 5.74) is -0.103. The maximum atomic E-state index is 6.37. The molecule has 2 aliphatic rings. The van der Waals surface area contributed by atoms with Crippen LogP contribution >= 0.6 is 0 Å². The molecule has 0 aromatic carbocycles. The molecular formula is C25H46N2O2. The third-order valence-corrected chi connectivity index (χ3v) is 5.78. The highest BCUT2D eigenvalue weighted by atomic mass is 16.5. The summed E-state index contributed by atoms with van der Waals surface area (Å²) in [6.07, 6.45) is 1.81. The number of hydrogen-bond acceptors (Lipinski definition) is 4. The molecule has 0 aromatic rings. The van der Waals surface area contributed by atoms with E-state index < -0.39 is 5.41 Å². The Morgan fingerprint density at radius 1 is 0.621 bits per heavy atom. The molecule has 2 rings (SSSR count). The van der Waals surface area contributed by atoms with Gasteiger partial charge in [-0.3, -0.25) is 0 Å². The van der Waals surface area contributed by atoms with Crippen molar-refractivity contribution in [1.82, 2.24) is 0 Å². The van der Waals surface area contributed by atoms with Crippen molar-refractivity contribution in [3.63, 3.8) is 0 Å². The van der Waals surface area contributed by atoms with Crippen molar-refractivity contribution in [2.24, 2.45) is 37.1 Å². The van der Waals surface area contributed by atoms with Crippen LogP contribution in [-0.2, 0) is 9.47 Å². The van der Waals surface area contributed by atoms with Gasteiger partial charge in [-0.05, 0) is 34.5 Å². The van der Waals surface area contributed by atoms with Gasteiger partial charge in [0.2, 0.25) is 0 Å². The minimum atomic E-state index is -0.420. The van der Waals surface area contributed by atoms with Gasteiger partial charge in [-0.2, -0.15) is 0 Å². The highest BCUT2D eigenvalue weighted by Crippen LogP contribution is 2.48. The Labute approximate surface area is 180 Å². The predicted molar refractivity (Wildman–Crippen MR) is 124 cm³/mol. The average molecular weight is 407 g/mol. The van der Waals surface area contributed by atoms with Gasteiger partial charge in [0, 0.05) is 0 Å². The van der Waals surface area contributed by atoms with Gasteiger partial charge in [-0.25, -0.2) is 9.98 Å². The van der Waals surface area contributed by atoms with Gasteiger partial charge in [0.1, 0.15) is 18.6 Å². The summed E-state index contributed by atoms with van der Waals surface area (Å²) in [6.45, 7) is 28.5. The van der Waals surface area contributed by atoms with E-state index in [0.717, 1.165) is 24.6 Å². The maximum Gasteiger partial charge on any atom is 0.199 e. The van der Waals surface area contributed by atoms with E-state index in [0.29, 0.717) is 13.2 Å². The lowest BCUT2D eigenvalue weighted by molar-refractivity contribution is 0.154. The first-order chi connectivity index (χ1) is 12.8. The molecule has 0 saturated heterocycles.